The van der Waals surface area contributed by atoms with Crippen LogP contribution in [-0.4, -0.2) is 69.4 Å². The van der Waals surface area contributed by atoms with Crippen LogP contribution in [0.25, 0.3) is 4.96 Å². The maximum atomic E-state index is 11.2. The van der Waals surface area contributed by atoms with Crippen LogP contribution in [-0.2, 0) is 6.54 Å². The average molecular weight is 494 g/mol. The summed E-state index contributed by atoms with van der Waals surface area (Å²) in [6.45, 7) is 8.94. The molecule has 1 saturated heterocycles. The molecule has 0 unspecified atom stereocenters. The van der Waals surface area contributed by atoms with Gasteiger partial charge in [0.25, 0.3) is 0 Å². The van der Waals surface area contributed by atoms with Gasteiger partial charge in [0, 0.05) is 32.7 Å². The molecule has 0 bridgehead atoms. The molecule has 8 nitrogen and oxygen atoms in total. The Bertz CT molecular complexity index is 1280. The van der Waals surface area contributed by atoms with E-state index in [0.717, 1.165) is 43.2 Å². The van der Waals surface area contributed by atoms with Crippen molar-refractivity contribution in [1.82, 2.24) is 24.4 Å². The van der Waals surface area contributed by atoms with Crippen molar-refractivity contribution in [2.24, 2.45) is 0 Å². The van der Waals surface area contributed by atoms with E-state index in [1.165, 1.54) is 16.9 Å². The molecule has 1 fully saturated rings. The number of nitrogens with zero attached hydrogens (tertiary/aromatic N) is 5. The Morgan fingerprint density at radius 2 is 1.83 bits per heavy atom. The molecule has 184 valence electrons. The highest BCUT2D eigenvalue weighted by Gasteiger charge is 2.32. The molecule has 2 aromatic heterocycles. The molecule has 0 saturated carbocycles. The van der Waals surface area contributed by atoms with Crippen molar-refractivity contribution in [3.63, 3.8) is 0 Å². The van der Waals surface area contributed by atoms with Crippen molar-refractivity contribution >= 4 is 16.3 Å². The van der Waals surface area contributed by atoms with Gasteiger partial charge in [-0.2, -0.15) is 4.52 Å². The molecule has 1 atom stereocenters. The largest absolute Gasteiger partial charge is 0.493 e. The second kappa shape index (κ2) is 10.2. The lowest BCUT2D eigenvalue weighted by atomic mass is 10.0. The number of aromatic hydroxyl groups is 1. The summed E-state index contributed by atoms with van der Waals surface area (Å²) < 4.78 is 12.9. The van der Waals surface area contributed by atoms with Gasteiger partial charge in [0.1, 0.15) is 5.82 Å². The van der Waals surface area contributed by atoms with E-state index < -0.39 is 0 Å². The van der Waals surface area contributed by atoms with Crippen LogP contribution in [0.2, 0.25) is 0 Å². The quantitative estimate of drug-likeness (QED) is 0.396. The second-order valence-electron chi connectivity index (χ2n) is 8.69. The van der Waals surface area contributed by atoms with E-state index >= 15 is 0 Å². The molecule has 0 radical (unpaired) electrons. The van der Waals surface area contributed by atoms with Gasteiger partial charge in [-0.05, 0) is 37.1 Å². The van der Waals surface area contributed by atoms with Gasteiger partial charge in [0.2, 0.25) is 10.8 Å². The van der Waals surface area contributed by atoms with E-state index in [4.69, 9.17) is 9.47 Å². The van der Waals surface area contributed by atoms with Crippen LogP contribution in [0, 0.1) is 6.92 Å². The monoisotopic (exact) mass is 493 g/mol. The summed E-state index contributed by atoms with van der Waals surface area (Å²) in [6.07, 6.45) is 0. The molecule has 9 heteroatoms. The van der Waals surface area contributed by atoms with E-state index in [0.29, 0.717) is 28.9 Å². The molecule has 0 amide bonds. The first-order valence-electron chi connectivity index (χ1n) is 11.9. The zero-order valence-electron chi connectivity index (χ0n) is 20.3. The maximum absolute atomic E-state index is 11.2. The first-order valence-corrected chi connectivity index (χ1v) is 12.7. The summed E-state index contributed by atoms with van der Waals surface area (Å²) in [6, 6.07) is 16.5. The maximum Gasteiger partial charge on any atom is 0.230 e. The van der Waals surface area contributed by atoms with E-state index in [1.54, 1.807) is 11.6 Å². The van der Waals surface area contributed by atoms with Gasteiger partial charge in [-0.15, -0.1) is 5.10 Å². The second-order valence-corrected chi connectivity index (χ2v) is 9.70. The fraction of sp³-hybridized carbons (Fsp3) is 0.385. The summed E-state index contributed by atoms with van der Waals surface area (Å²) in [5.74, 6) is 2.20. The van der Waals surface area contributed by atoms with Crippen LogP contribution in [0.15, 0.2) is 48.5 Å². The fourth-order valence-electron chi connectivity index (χ4n) is 4.70. The predicted octanol–water partition coefficient (Wildman–Crippen LogP) is 4.12. The highest BCUT2D eigenvalue weighted by molar-refractivity contribution is 7.17. The summed E-state index contributed by atoms with van der Waals surface area (Å²) in [5, 5.41) is 15.5. The van der Waals surface area contributed by atoms with Crippen LogP contribution >= 0.6 is 11.3 Å². The third-order valence-electron chi connectivity index (χ3n) is 6.38. The third-order valence-corrected chi connectivity index (χ3v) is 7.45. The molecule has 0 aliphatic carbocycles. The first-order chi connectivity index (χ1) is 17.1. The smallest absolute Gasteiger partial charge is 0.230 e. The van der Waals surface area contributed by atoms with E-state index in [1.807, 2.05) is 26.0 Å². The minimum absolute atomic E-state index is 0.146. The molecule has 1 aliphatic heterocycles. The Labute approximate surface area is 209 Å². The lowest BCUT2D eigenvalue weighted by Crippen LogP contribution is -2.47. The molecule has 4 aromatic rings. The average Bonchev–Trinajstić information content (AvgIpc) is 3.38. The molecule has 35 heavy (non-hydrogen) atoms. The van der Waals surface area contributed by atoms with Crippen molar-refractivity contribution in [3.05, 3.63) is 70.4 Å². The van der Waals surface area contributed by atoms with Gasteiger partial charge < -0.3 is 14.6 Å². The zero-order valence-corrected chi connectivity index (χ0v) is 21.2. The number of aryl methyl sites for hydroxylation is 1. The molecule has 0 spiro atoms. The van der Waals surface area contributed by atoms with Crippen molar-refractivity contribution < 1.29 is 14.6 Å². The van der Waals surface area contributed by atoms with Crippen molar-refractivity contribution in [2.75, 3.05) is 39.9 Å². The number of benzene rings is 2. The van der Waals surface area contributed by atoms with Gasteiger partial charge in [-0.25, -0.2) is 4.98 Å². The number of piperazine rings is 1. The molecule has 2 aromatic carbocycles. The molecule has 3 heterocycles. The number of aromatic nitrogens is 3. The number of ether oxygens (including phenoxy) is 2. The van der Waals surface area contributed by atoms with Crippen LogP contribution in [0.3, 0.4) is 0 Å². The number of rotatable bonds is 8. The summed E-state index contributed by atoms with van der Waals surface area (Å²) >= 11 is 1.48. The highest BCUT2D eigenvalue weighted by Crippen LogP contribution is 2.42. The van der Waals surface area contributed by atoms with E-state index in [2.05, 4.69) is 56.3 Å². The topological polar surface area (TPSA) is 75.4 Å². The third kappa shape index (κ3) is 4.84. The number of thiazole rings is 1. The van der Waals surface area contributed by atoms with Crippen LogP contribution in [0.1, 0.15) is 34.8 Å². The standard InChI is InChI=1S/C26H31N5O3S/c1-4-34-21-11-10-20(16-22(21)33-3)23(24-25(32)31-26(35-24)27-18(2)28-31)30-14-12-29(13-15-30)17-19-8-6-5-7-9-19/h5-11,16,23,32H,4,12-15,17H2,1-3H3/t23-/m1/s1. The fourth-order valence-corrected chi connectivity index (χ4v) is 5.87. The van der Waals surface area contributed by atoms with Gasteiger partial charge in [0.15, 0.2) is 11.5 Å². The number of fused-ring (bicyclic) bond motifs is 1. The molecule has 1 aliphatic rings. The number of hydrogen-bond donors (Lipinski definition) is 1. The van der Waals surface area contributed by atoms with Gasteiger partial charge >= 0.3 is 0 Å². The molecular formula is C26H31N5O3S. The minimum Gasteiger partial charge on any atom is -0.493 e. The zero-order chi connectivity index (χ0) is 24.4. The van der Waals surface area contributed by atoms with Gasteiger partial charge in [-0.3, -0.25) is 9.80 Å². The summed E-state index contributed by atoms with van der Waals surface area (Å²) in [4.78, 5) is 10.9. The van der Waals surface area contributed by atoms with Gasteiger partial charge in [-0.1, -0.05) is 47.7 Å². The van der Waals surface area contributed by atoms with Crippen LogP contribution in [0.5, 0.6) is 17.4 Å². The lowest BCUT2D eigenvalue weighted by molar-refractivity contribution is 0.105. The van der Waals surface area contributed by atoms with E-state index in [9.17, 15) is 5.11 Å². The van der Waals surface area contributed by atoms with E-state index in [-0.39, 0.29) is 11.9 Å². The van der Waals surface area contributed by atoms with Crippen LogP contribution < -0.4 is 9.47 Å². The normalized spacial score (nSPS) is 16.0. The summed E-state index contributed by atoms with van der Waals surface area (Å²) in [7, 11) is 1.66. The SMILES string of the molecule is CCOc1ccc([C@H](c2sc3nc(C)nn3c2O)N2CCN(Cc3ccccc3)CC2)cc1OC. The highest BCUT2D eigenvalue weighted by atomic mass is 32.1. The number of methoxy groups -OCH3 is 1. The first kappa shape index (κ1) is 23.6. The summed E-state index contributed by atoms with van der Waals surface area (Å²) in [5.41, 5.74) is 2.37. The van der Waals surface area contributed by atoms with Crippen molar-refractivity contribution in [2.45, 2.75) is 26.4 Å². The minimum atomic E-state index is -0.146. The Morgan fingerprint density at radius 3 is 2.51 bits per heavy atom. The lowest BCUT2D eigenvalue weighted by Gasteiger charge is -2.39. The van der Waals surface area contributed by atoms with Gasteiger partial charge in [0.05, 0.1) is 24.6 Å². The Hall–Kier alpha value is -3.14. The molecule has 5 rings (SSSR count). The van der Waals surface area contributed by atoms with Crippen molar-refractivity contribution in [1.29, 1.82) is 0 Å². The molecular weight excluding hydrogens is 462 g/mol. The Kier molecular flexibility index (Phi) is 6.90. The van der Waals surface area contributed by atoms with Crippen LogP contribution in [0.4, 0.5) is 0 Å². The predicted molar refractivity (Wildman–Crippen MR) is 137 cm³/mol. The Morgan fingerprint density at radius 1 is 1.06 bits per heavy atom. The van der Waals surface area contributed by atoms with Crippen molar-refractivity contribution in [3.8, 4) is 17.4 Å². The molecule has 1 N–H and O–H groups in total. The number of hydrogen-bond acceptors (Lipinski definition) is 8. The Balaban J connectivity index is 1.46.